The van der Waals surface area contributed by atoms with Crippen molar-refractivity contribution in [3.05, 3.63) is 16.1 Å². The molecule has 1 aliphatic rings. The lowest BCUT2D eigenvalue weighted by atomic mass is 10.4. The van der Waals surface area contributed by atoms with Gasteiger partial charge < -0.3 is 9.84 Å². The second-order valence-electron chi connectivity index (χ2n) is 4.09. The van der Waals surface area contributed by atoms with Crippen LogP contribution in [0.15, 0.2) is 5.38 Å². The van der Waals surface area contributed by atoms with Gasteiger partial charge in [-0.25, -0.2) is 14.5 Å². The molecule has 1 aromatic heterocycles. The highest BCUT2D eigenvalue weighted by Crippen LogP contribution is 2.10. The highest BCUT2D eigenvalue weighted by atomic mass is 32.2. The Bertz CT molecular complexity index is 565. The van der Waals surface area contributed by atoms with Crippen molar-refractivity contribution in [2.75, 3.05) is 32.8 Å². The Balaban J connectivity index is 1.83. The molecule has 1 aliphatic heterocycles. The molecule has 0 atom stereocenters. The van der Waals surface area contributed by atoms with E-state index in [0.29, 0.717) is 37.7 Å². The number of hydrogen-bond acceptors (Lipinski definition) is 6. The summed E-state index contributed by atoms with van der Waals surface area (Å²) in [6.45, 7) is 1.67. The molecule has 0 aliphatic carbocycles. The maximum Gasteiger partial charge on any atom is 0.355 e. The number of morpholine rings is 1. The van der Waals surface area contributed by atoms with Crippen molar-refractivity contribution in [2.24, 2.45) is 0 Å². The fourth-order valence-electron chi connectivity index (χ4n) is 1.69. The van der Waals surface area contributed by atoms with Crippen LogP contribution in [0.4, 0.5) is 0 Å². The van der Waals surface area contributed by atoms with Gasteiger partial charge in [-0.15, -0.1) is 11.3 Å². The van der Waals surface area contributed by atoms with Gasteiger partial charge in [0.05, 0.1) is 18.2 Å². The van der Waals surface area contributed by atoms with E-state index in [2.05, 4.69) is 9.71 Å². The van der Waals surface area contributed by atoms with Crippen molar-refractivity contribution in [2.45, 2.75) is 6.42 Å². The number of rotatable bonds is 6. The van der Waals surface area contributed by atoms with E-state index in [4.69, 9.17) is 9.84 Å². The zero-order chi connectivity index (χ0) is 14.6. The van der Waals surface area contributed by atoms with Crippen molar-refractivity contribution < 1.29 is 23.1 Å². The van der Waals surface area contributed by atoms with Crippen LogP contribution in [0, 0.1) is 0 Å². The lowest BCUT2D eigenvalue weighted by Gasteiger charge is -2.25. The summed E-state index contributed by atoms with van der Waals surface area (Å²) < 4.78 is 32.8. The average Bonchev–Trinajstić information content (AvgIpc) is 2.89. The van der Waals surface area contributed by atoms with Crippen molar-refractivity contribution in [3.8, 4) is 0 Å². The van der Waals surface area contributed by atoms with Crippen molar-refractivity contribution in [3.63, 3.8) is 0 Å². The van der Waals surface area contributed by atoms with Crippen LogP contribution in [0.3, 0.4) is 0 Å². The van der Waals surface area contributed by atoms with Gasteiger partial charge in [0.25, 0.3) is 10.2 Å². The summed E-state index contributed by atoms with van der Waals surface area (Å²) in [5, 5.41) is 10.8. The van der Waals surface area contributed by atoms with Crippen LogP contribution in [0.25, 0.3) is 0 Å². The van der Waals surface area contributed by atoms with Gasteiger partial charge in [0.1, 0.15) is 0 Å². The first-order valence-electron chi connectivity index (χ1n) is 5.99. The van der Waals surface area contributed by atoms with Crippen molar-refractivity contribution in [1.82, 2.24) is 14.0 Å². The van der Waals surface area contributed by atoms with E-state index in [1.54, 1.807) is 0 Å². The first-order valence-corrected chi connectivity index (χ1v) is 8.31. The quantitative estimate of drug-likeness (QED) is 0.734. The van der Waals surface area contributed by atoms with E-state index in [-0.39, 0.29) is 12.2 Å². The maximum atomic E-state index is 11.9. The molecule has 112 valence electrons. The Kier molecular flexibility index (Phi) is 5.05. The third-order valence-corrected chi connectivity index (χ3v) is 5.23. The van der Waals surface area contributed by atoms with E-state index in [1.807, 2.05) is 0 Å². The molecule has 0 unspecified atom stereocenters. The van der Waals surface area contributed by atoms with E-state index >= 15 is 0 Å². The predicted octanol–water partition coefficient (Wildman–Crippen LogP) is -0.450. The molecule has 8 nitrogen and oxygen atoms in total. The number of ether oxygens (including phenoxy) is 1. The number of carbonyl (C=O) groups is 1. The second-order valence-corrected chi connectivity index (χ2v) is 6.79. The van der Waals surface area contributed by atoms with Crippen LogP contribution < -0.4 is 4.72 Å². The number of thiazole rings is 1. The first kappa shape index (κ1) is 15.3. The Morgan fingerprint density at radius 2 is 2.20 bits per heavy atom. The number of carboxylic acid groups (broad SMARTS) is 1. The molecule has 0 amide bonds. The zero-order valence-electron chi connectivity index (χ0n) is 10.6. The fourth-order valence-corrected chi connectivity index (χ4v) is 3.63. The molecule has 1 aromatic rings. The van der Waals surface area contributed by atoms with Crippen molar-refractivity contribution in [1.29, 1.82) is 0 Å². The third kappa shape index (κ3) is 3.96. The van der Waals surface area contributed by atoms with Gasteiger partial charge >= 0.3 is 5.97 Å². The highest BCUT2D eigenvalue weighted by molar-refractivity contribution is 7.87. The second kappa shape index (κ2) is 6.59. The molecule has 20 heavy (non-hydrogen) atoms. The largest absolute Gasteiger partial charge is 0.476 e. The minimum Gasteiger partial charge on any atom is -0.476 e. The molecule has 1 saturated heterocycles. The minimum absolute atomic E-state index is 0.0129. The predicted molar refractivity (Wildman–Crippen MR) is 72.1 cm³/mol. The smallest absolute Gasteiger partial charge is 0.355 e. The summed E-state index contributed by atoms with van der Waals surface area (Å²) in [4.78, 5) is 14.6. The van der Waals surface area contributed by atoms with Crippen LogP contribution in [-0.4, -0.2) is 61.6 Å². The Hall–Kier alpha value is -1.07. The number of carboxylic acids is 1. The highest BCUT2D eigenvalue weighted by Gasteiger charge is 2.23. The maximum absolute atomic E-state index is 11.9. The van der Waals surface area contributed by atoms with Gasteiger partial charge in [0, 0.05) is 31.4 Å². The van der Waals surface area contributed by atoms with Crippen LogP contribution >= 0.6 is 11.3 Å². The third-order valence-electron chi connectivity index (χ3n) is 2.70. The molecule has 0 spiro atoms. The number of hydrogen-bond donors (Lipinski definition) is 2. The van der Waals surface area contributed by atoms with Crippen LogP contribution in [-0.2, 0) is 21.4 Å². The number of aromatic carboxylic acids is 1. The van der Waals surface area contributed by atoms with E-state index in [0.717, 1.165) is 0 Å². The van der Waals surface area contributed by atoms with Gasteiger partial charge in [-0.2, -0.15) is 12.7 Å². The monoisotopic (exact) mass is 321 g/mol. The number of nitrogens with one attached hydrogen (secondary N) is 1. The molecule has 0 aromatic carbocycles. The summed E-state index contributed by atoms with van der Waals surface area (Å²) in [6, 6.07) is 0. The van der Waals surface area contributed by atoms with Gasteiger partial charge in [-0.05, 0) is 0 Å². The summed E-state index contributed by atoms with van der Waals surface area (Å²) in [7, 11) is -3.50. The molecule has 2 N–H and O–H groups in total. The molecule has 0 bridgehead atoms. The molecular weight excluding hydrogens is 306 g/mol. The van der Waals surface area contributed by atoms with Gasteiger partial charge in [0.15, 0.2) is 5.69 Å². The van der Waals surface area contributed by atoms with Gasteiger partial charge in [-0.1, -0.05) is 0 Å². The standard InChI is InChI=1S/C10H15N3O5S2/c14-10(15)8-7-19-9(12-8)1-2-11-20(16,17)13-3-5-18-6-4-13/h7,11H,1-6H2,(H,14,15). The van der Waals surface area contributed by atoms with E-state index in [9.17, 15) is 13.2 Å². The Morgan fingerprint density at radius 3 is 2.80 bits per heavy atom. The minimum atomic E-state index is -3.50. The summed E-state index contributed by atoms with van der Waals surface area (Å²) in [5.74, 6) is -1.08. The van der Waals surface area contributed by atoms with E-state index in [1.165, 1.54) is 21.0 Å². The summed E-state index contributed by atoms with van der Waals surface area (Å²) in [5.41, 5.74) is -0.0129. The SMILES string of the molecule is O=C(O)c1csc(CCNS(=O)(=O)N2CCOCC2)n1. The molecule has 1 fully saturated rings. The fraction of sp³-hybridized carbons (Fsp3) is 0.600. The van der Waals surface area contributed by atoms with Gasteiger partial charge in [-0.3, -0.25) is 0 Å². The molecule has 2 heterocycles. The lowest BCUT2D eigenvalue weighted by molar-refractivity contribution is 0.0691. The topological polar surface area (TPSA) is 109 Å². The van der Waals surface area contributed by atoms with Crippen LogP contribution in [0.1, 0.15) is 15.5 Å². The number of aromatic nitrogens is 1. The van der Waals surface area contributed by atoms with Crippen LogP contribution in [0.2, 0.25) is 0 Å². The Morgan fingerprint density at radius 1 is 1.50 bits per heavy atom. The molecular formula is C10H15N3O5S2. The van der Waals surface area contributed by atoms with Crippen LogP contribution in [0.5, 0.6) is 0 Å². The normalized spacial score (nSPS) is 17.2. The van der Waals surface area contributed by atoms with Gasteiger partial charge in [0.2, 0.25) is 0 Å². The lowest BCUT2D eigenvalue weighted by Crippen LogP contribution is -2.47. The zero-order valence-corrected chi connectivity index (χ0v) is 12.2. The Labute approximate surface area is 120 Å². The molecule has 0 saturated carbocycles. The first-order chi connectivity index (χ1) is 9.49. The van der Waals surface area contributed by atoms with Crippen molar-refractivity contribution >= 4 is 27.5 Å². The molecule has 0 radical (unpaired) electrons. The average molecular weight is 321 g/mol. The molecule has 2 rings (SSSR count). The number of nitrogens with zero attached hydrogens (tertiary/aromatic N) is 2. The van der Waals surface area contributed by atoms with E-state index < -0.39 is 16.2 Å². The molecule has 10 heteroatoms. The summed E-state index contributed by atoms with van der Waals surface area (Å²) in [6.07, 6.45) is 0.363. The summed E-state index contributed by atoms with van der Waals surface area (Å²) >= 11 is 1.20.